The zero-order valence-electron chi connectivity index (χ0n) is 7.48. The Morgan fingerprint density at radius 1 is 1.50 bits per heavy atom. The van der Waals surface area contributed by atoms with Crippen molar-refractivity contribution >= 4 is 52.1 Å². The Labute approximate surface area is 95.9 Å². The summed E-state index contributed by atoms with van der Waals surface area (Å²) in [4.78, 5) is 12.8. The second kappa shape index (κ2) is 3.96. The maximum atomic E-state index is 10.7. The average Bonchev–Trinajstić information content (AvgIpc) is 2.59. The SMILES string of the molecule is CSc1cc(C=O)cc2scc(S)c12. The second-order valence-corrected chi connectivity index (χ2v) is 5.08. The van der Waals surface area contributed by atoms with E-state index in [9.17, 15) is 4.79 Å². The second-order valence-electron chi connectivity index (χ2n) is 2.84. The van der Waals surface area contributed by atoms with Crippen molar-refractivity contribution < 1.29 is 4.79 Å². The lowest BCUT2D eigenvalue weighted by atomic mass is 10.2. The number of carbonyl (C=O) groups excluding carboxylic acids is 1. The Morgan fingerprint density at radius 2 is 2.29 bits per heavy atom. The van der Waals surface area contributed by atoms with Gasteiger partial charge in [0.15, 0.2) is 0 Å². The first-order chi connectivity index (χ1) is 6.76. The lowest BCUT2D eigenvalue weighted by molar-refractivity contribution is 0.112. The third-order valence-electron chi connectivity index (χ3n) is 2.00. The predicted octanol–water partition coefficient (Wildman–Crippen LogP) is 3.72. The number of thiophene rings is 1. The number of aldehydes is 1. The first-order valence-corrected chi connectivity index (χ1v) is 6.55. The molecular formula is C10H8OS3. The number of carbonyl (C=O) groups is 1. The minimum Gasteiger partial charge on any atom is -0.298 e. The maximum absolute atomic E-state index is 10.7. The Morgan fingerprint density at radius 3 is 2.93 bits per heavy atom. The summed E-state index contributed by atoms with van der Waals surface area (Å²) in [5.41, 5.74) is 0.733. The van der Waals surface area contributed by atoms with Crippen molar-refractivity contribution in [3.05, 3.63) is 23.1 Å². The van der Waals surface area contributed by atoms with Gasteiger partial charge in [-0.25, -0.2) is 0 Å². The largest absolute Gasteiger partial charge is 0.298 e. The van der Waals surface area contributed by atoms with E-state index in [1.807, 2.05) is 23.8 Å². The van der Waals surface area contributed by atoms with Gasteiger partial charge in [-0.3, -0.25) is 4.79 Å². The molecule has 4 heteroatoms. The van der Waals surface area contributed by atoms with Gasteiger partial charge in [0.2, 0.25) is 0 Å². The van der Waals surface area contributed by atoms with Crippen molar-refractivity contribution in [2.24, 2.45) is 0 Å². The third kappa shape index (κ3) is 1.58. The van der Waals surface area contributed by atoms with Crippen molar-refractivity contribution in [3.8, 4) is 0 Å². The standard InChI is InChI=1S/C10H8OS3/c1-13-8-2-6(4-11)3-9-10(8)7(12)5-14-9/h2-5,12H,1H3. The summed E-state index contributed by atoms with van der Waals surface area (Å²) >= 11 is 7.67. The van der Waals surface area contributed by atoms with Gasteiger partial charge in [-0.1, -0.05) is 0 Å². The van der Waals surface area contributed by atoms with Crippen LogP contribution in [0.3, 0.4) is 0 Å². The summed E-state index contributed by atoms with van der Waals surface area (Å²) in [6.45, 7) is 0. The van der Waals surface area contributed by atoms with Crippen LogP contribution in [0.5, 0.6) is 0 Å². The Hall–Kier alpha value is -0.450. The van der Waals surface area contributed by atoms with Crippen molar-refractivity contribution in [1.29, 1.82) is 0 Å². The molecular weight excluding hydrogens is 232 g/mol. The summed E-state index contributed by atoms with van der Waals surface area (Å²) in [7, 11) is 0. The van der Waals surface area contributed by atoms with Gasteiger partial charge < -0.3 is 0 Å². The van der Waals surface area contributed by atoms with Crippen LogP contribution in [0.2, 0.25) is 0 Å². The summed E-state index contributed by atoms with van der Waals surface area (Å²) in [6.07, 6.45) is 2.89. The predicted molar refractivity (Wildman–Crippen MR) is 66.2 cm³/mol. The van der Waals surface area contributed by atoms with Crippen molar-refractivity contribution in [1.82, 2.24) is 0 Å². The zero-order valence-corrected chi connectivity index (χ0v) is 10.0. The summed E-state index contributed by atoms with van der Waals surface area (Å²) < 4.78 is 1.13. The quantitative estimate of drug-likeness (QED) is 0.489. The molecule has 0 amide bonds. The van der Waals surface area contributed by atoms with Gasteiger partial charge >= 0.3 is 0 Å². The van der Waals surface area contributed by atoms with Crippen LogP contribution in [0.4, 0.5) is 0 Å². The monoisotopic (exact) mass is 240 g/mol. The molecule has 1 nitrogen and oxygen atoms in total. The smallest absolute Gasteiger partial charge is 0.150 e. The topological polar surface area (TPSA) is 17.1 Å². The van der Waals surface area contributed by atoms with Crippen LogP contribution >= 0.6 is 35.7 Å². The van der Waals surface area contributed by atoms with Crippen LogP contribution in [0, 0.1) is 0 Å². The fraction of sp³-hybridized carbons (Fsp3) is 0.100. The highest BCUT2D eigenvalue weighted by atomic mass is 32.2. The lowest BCUT2D eigenvalue weighted by Gasteiger charge is -2.01. The van der Waals surface area contributed by atoms with Gasteiger partial charge in [-0.15, -0.1) is 35.7 Å². The van der Waals surface area contributed by atoms with Crippen molar-refractivity contribution in [2.45, 2.75) is 9.79 Å². The molecule has 0 unspecified atom stereocenters. The van der Waals surface area contributed by atoms with Crippen LogP contribution in [0.15, 0.2) is 27.3 Å². The molecule has 2 aromatic rings. The minimum atomic E-state index is 0.733. The minimum absolute atomic E-state index is 0.733. The van der Waals surface area contributed by atoms with Crippen LogP contribution in [0.1, 0.15) is 10.4 Å². The number of hydrogen-bond donors (Lipinski definition) is 1. The molecule has 0 N–H and O–H groups in total. The molecule has 2 rings (SSSR count). The van der Waals surface area contributed by atoms with Gasteiger partial charge in [0.1, 0.15) is 6.29 Å². The molecule has 1 aromatic carbocycles. The molecule has 0 atom stereocenters. The van der Waals surface area contributed by atoms with E-state index in [1.165, 1.54) is 0 Å². The van der Waals surface area contributed by atoms with Crippen LogP contribution in [0.25, 0.3) is 10.1 Å². The molecule has 0 fully saturated rings. The van der Waals surface area contributed by atoms with E-state index in [0.29, 0.717) is 0 Å². The first-order valence-electron chi connectivity index (χ1n) is 3.99. The number of thiol groups is 1. The molecule has 0 radical (unpaired) electrons. The van der Waals surface area contributed by atoms with E-state index in [2.05, 4.69) is 12.6 Å². The molecule has 0 saturated carbocycles. The highest BCUT2D eigenvalue weighted by Crippen LogP contribution is 2.36. The van der Waals surface area contributed by atoms with Gasteiger partial charge in [0, 0.05) is 30.8 Å². The fourth-order valence-electron chi connectivity index (χ4n) is 1.36. The number of thioether (sulfide) groups is 1. The molecule has 0 aliphatic heterocycles. The lowest BCUT2D eigenvalue weighted by Crippen LogP contribution is -1.81. The molecule has 0 bridgehead atoms. The average molecular weight is 240 g/mol. The van der Waals surface area contributed by atoms with E-state index in [-0.39, 0.29) is 0 Å². The number of rotatable bonds is 2. The van der Waals surface area contributed by atoms with E-state index < -0.39 is 0 Å². The Balaban J connectivity index is 2.82. The van der Waals surface area contributed by atoms with Crippen LogP contribution in [-0.2, 0) is 0 Å². The molecule has 1 heterocycles. The number of fused-ring (bicyclic) bond motifs is 1. The van der Waals surface area contributed by atoms with Gasteiger partial charge in [-0.05, 0) is 18.4 Å². The Kier molecular flexibility index (Phi) is 2.85. The van der Waals surface area contributed by atoms with E-state index >= 15 is 0 Å². The van der Waals surface area contributed by atoms with Gasteiger partial charge in [-0.2, -0.15) is 0 Å². The molecule has 0 saturated heterocycles. The molecule has 0 spiro atoms. The summed E-state index contributed by atoms with van der Waals surface area (Å²) in [5, 5.41) is 3.17. The van der Waals surface area contributed by atoms with E-state index in [0.717, 1.165) is 31.7 Å². The van der Waals surface area contributed by atoms with Crippen molar-refractivity contribution in [3.63, 3.8) is 0 Å². The summed E-state index contributed by atoms with van der Waals surface area (Å²) in [5.74, 6) is 0. The van der Waals surface area contributed by atoms with Gasteiger partial charge in [0.25, 0.3) is 0 Å². The van der Waals surface area contributed by atoms with Gasteiger partial charge in [0.05, 0.1) is 0 Å². The van der Waals surface area contributed by atoms with Crippen LogP contribution < -0.4 is 0 Å². The van der Waals surface area contributed by atoms with Crippen LogP contribution in [-0.4, -0.2) is 12.5 Å². The van der Waals surface area contributed by atoms with Crippen molar-refractivity contribution in [2.75, 3.05) is 6.26 Å². The zero-order chi connectivity index (χ0) is 10.1. The molecule has 72 valence electrons. The van der Waals surface area contributed by atoms with E-state index in [1.54, 1.807) is 23.1 Å². The fourth-order valence-corrected chi connectivity index (χ4v) is 3.55. The third-order valence-corrected chi connectivity index (χ3v) is 4.22. The molecule has 0 aliphatic rings. The number of hydrogen-bond acceptors (Lipinski definition) is 4. The molecule has 1 aromatic heterocycles. The summed E-state index contributed by atoms with van der Waals surface area (Å²) in [6, 6.07) is 3.82. The number of benzene rings is 1. The maximum Gasteiger partial charge on any atom is 0.150 e. The first kappa shape index (κ1) is 10.1. The Bertz CT molecular complexity index is 487. The highest BCUT2D eigenvalue weighted by molar-refractivity contribution is 7.98. The normalized spacial score (nSPS) is 10.7. The molecule has 0 aliphatic carbocycles. The highest BCUT2D eigenvalue weighted by Gasteiger charge is 2.07. The molecule has 14 heavy (non-hydrogen) atoms. The van der Waals surface area contributed by atoms with E-state index in [4.69, 9.17) is 0 Å².